The number of carboxylic acid groups (broad SMARTS) is 1. The van der Waals surface area contributed by atoms with Crippen molar-refractivity contribution in [2.75, 3.05) is 6.61 Å². The molecule has 1 unspecified atom stereocenters. The molecular weight excluding hydrogens is 334 g/mol. The van der Waals surface area contributed by atoms with Gasteiger partial charge < -0.3 is 9.84 Å². The van der Waals surface area contributed by atoms with Crippen molar-refractivity contribution in [3.63, 3.8) is 0 Å². The molecule has 0 saturated heterocycles. The predicted octanol–water partition coefficient (Wildman–Crippen LogP) is 3.43. The lowest BCUT2D eigenvalue weighted by Gasteiger charge is -2.17. The van der Waals surface area contributed by atoms with Gasteiger partial charge in [0, 0.05) is 10.5 Å². The third-order valence-electron chi connectivity index (χ3n) is 3.18. The standard InChI is InChI=1S/C16H18BrNO3/c1-10(18-11(2)16(19)20)9-21-15-6-4-12-7-14(17)5-3-13(12)8-15/h3-8,10-11,18H,9H2,1-2H3,(H,19,20)/t10?,11-/m1/s1. The lowest BCUT2D eigenvalue weighted by Crippen LogP contribution is -2.42. The number of carbonyl (C=O) groups is 1. The maximum Gasteiger partial charge on any atom is 0.320 e. The van der Waals surface area contributed by atoms with E-state index in [9.17, 15) is 4.79 Å². The summed E-state index contributed by atoms with van der Waals surface area (Å²) in [6.07, 6.45) is 0. The van der Waals surface area contributed by atoms with Gasteiger partial charge in [0.05, 0.1) is 0 Å². The van der Waals surface area contributed by atoms with Gasteiger partial charge in [-0.2, -0.15) is 0 Å². The SMILES string of the molecule is CC(COc1ccc2cc(Br)ccc2c1)N[C@H](C)C(=O)O. The van der Waals surface area contributed by atoms with Crippen LogP contribution < -0.4 is 10.1 Å². The summed E-state index contributed by atoms with van der Waals surface area (Å²) in [5.41, 5.74) is 0. The van der Waals surface area contributed by atoms with E-state index < -0.39 is 12.0 Å². The number of ether oxygens (including phenoxy) is 1. The molecule has 0 saturated carbocycles. The van der Waals surface area contributed by atoms with Crippen LogP contribution in [0.2, 0.25) is 0 Å². The molecule has 0 radical (unpaired) electrons. The van der Waals surface area contributed by atoms with E-state index in [1.807, 2.05) is 37.3 Å². The summed E-state index contributed by atoms with van der Waals surface area (Å²) in [4.78, 5) is 10.8. The van der Waals surface area contributed by atoms with Crippen molar-refractivity contribution in [2.45, 2.75) is 25.9 Å². The Morgan fingerprint density at radius 2 is 1.90 bits per heavy atom. The maximum absolute atomic E-state index is 10.8. The minimum absolute atomic E-state index is 0.0447. The summed E-state index contributed by atoms with van der Waals surface area (Å²) < 4.78 is 6.77. The molecule has 2 N–H and O–H groups in total. The Bertz CT molecular complexity index is 644. The van der Waals surface area contributed by atoms with Crippen LogP contribution in [0.5, 0.6) is 5.75 Å². The summed E-state index contributed by atoms with van der Waals surface area (Å²) in [6, 6.07) is 11.3. The molecule has 2 rings (SSSR count). The zero-order chi connectivity index (χ0) is 15.4. The van der Waals surface area contributed by atoms with Gasteiger partial charge in [-0.15, -0.1) is 0 Å². The van der Waals surface area contributed by atoms with Gasteiger partial charge >= 0.3 is 5.97 Å². The molecule has 0 bridgehead atoms. The van der Waals surface area contributed by atoms with Gasteiger partial charge in [-0.3, -0.25) is 10.1 Å². The van der Waals surface area contributed by atoms with E-state index in [4.69, 9.17) is 9.84 Å². The highest BCUT2D eigenvalue weighted by atomic mass is 79.9. The Balaban J connectivity index is 1.97. The van der Waals surface area contributed by atoms with Gasteiger partial charge in [0.25, 0.3) is 0 Å². The van der Waals surface area contributed by atoms with E-state index in [1.54, 1.807) is 6.92 Å². The van der Waals surface area contributed by atoms with Gasteiger partial charge in [0.2, 0.25) is 0 Å². The Morgan fingerprint density at radius 1 is 1.24 bits per heavy atom. The molecule has 21 heavy (non-hydrogen) atoms. The zero-order valence-corrected chi connectivity index (χ0v) is 13.6. The lowest BCUT2D eigenvalue weighted by molar-refractivity contribution is -0.139. The van der Waals surface area contributed by atoms with Crippen molar-refractivity contribution in [3.8, 4) is 5.75 Å². The number of halogens is 1. The maximum atomic E-state index is 10.8. The second-order valence-corrected chi connectivity index (χ2v) is 6.01. The number of fused-ring (bicyclic) bond motifs is 1. The second-order valence-electron chi connectivity index (χ2n) is 5.09. The minimum atomic E-state index is -0.863. The van der Waals surface area contributed by atoms with Crippen molar-refractivity contribution in [1.29, 1.82) is 0 Å². The van der Waals surface area contributed by atoms with E-state index in [0.717, 1.165) is 21.0 Å². The largest absolute Gasteiger partial charge is 0.492 e. The molecule has 2 aromatic carbocycles. The van der Waals surface area contributed by atoms with Gasteiger partial charge in [-0.25, -0.2) is 0 Å². The summed E-state index contributed by atoms with van der Waals surface area (Å²) in [6.45, 7) is 3.93. The van der Waals surface area contributed by atoms with E-state index in [-0.39, 0.29) is 6.04 Å². The van der Waals surface area contributed by atoms with Crippen LogP contribution in [0.3, 0.4) is 0 Å². The molecule has 0 spiro atoms. The molecule has 4 nitrogen and oxygen atoms in total. The van der Waals surface area contributed by atoms with Crippen LogP contribution in [0.15, 0.2) is 40.9 Å². The number of rotatable bonds is 6. The Morgan fingerprint density at radius 3 is 2.62 bits per heavy atom. The number of carboxylic acids is 1. The number of hydrogen-bond acceptors (Lipinski definition) is 3. The van der Waals surface area contributed by atoms with Crippen molar-refractivity contribution in [1.82, 2.24) is 5.32 Å². The Hall–Kier alpha value is -1.59. The van der Waals surface area contributed by atoms with Crippen LogP contribution in [0.4, 0.5) is 0 Å². The first-order valence-corrected chi connectivity index (χ1v) is 7.56. The van der Waals surface area contributed by atoms with Crippen LogP contribution in [0.1, 0.15) is 13.8 Å². The normalized spacial score (nSPS) is 13.9. The zero-order valence-electron chi connectivity index (χ0n) is 12.0. The van der Waals surface area contributed by atoms with Crippen molar-refractivity contribution >= 4 is 32.7 Å². The van der Waals surface area contributed by atoms with Crippen molar-refractivity contribution in [2.24, 2.45) is 0 Å². The molecular formula is C16H18BrNO3. The molecule has 5 heteroatoms. The van der Waals surface area contributed by atoms with Crippen LogP contribution in [0.25, 0.3) is 10.8 Å². The molecule has 0 amide bonds. The number of aliphatic carboxylic acids is 1. The molecule has 0 aliphatic carbocycles. The molecule has 0 aliphatic rings. The van der Waals surface area contributed by atoms with Gasteiger partial charge in [0.15, 0.2) is 0 Å². The topological polar surface area (TPSA) is 58.6 Å². The van der Waals surface area contributed by atoms with Gasteiger partial charge in [-0.05, 0) is 48.9 Å². The third kappa shape index (κ3) is 4.44. The molecule has 112 valence electrons. The first kappa shape index (κ1) is 15.8. The molecule has 2 atom stereocenters. The van der Waals surface area contributed by atoms with Crippen molar-refractivity contribution in [3.05, 3.63) is 40.9 Å². The summed E-state index contributed by atoms with van der Waals surface area (Å²) in [7, 11) is 0. The lowest BCUT2D eigenvalue weighted by atomic mass is 10.1. The van der Waals surface area contributed by atoms with E-state index in [2.05, 4.69) is 27.3 Å². The quantitative estimate of drug-likeness (QED) is 0.836. The fourth-order valence-electron chi connectivity index (χ4n) is 2.05. The van der Waals surface area contributed by atoms with Gasteiger partial charge in [0.1, 0.15) is 18.4 Å². The predicted molar refractivity (Wildman–Crippen MR) is 86.8 cm³/mol. The van der Waals surface area contributed by atoms with Crippen molar-refractivity contribution < 1.29 is 14.6 Å². The van der Waals surface area contributed by atoms with Crippen LogP contribution >= 0.6 is 15.9 Å². The number of nitrogens with one attached hydrogen (secondary N) is 1. The molecule has 0 aliphatic heterocycles. The summed E-state index contributed by atoms with van der Waals surface area (Å²) in [5, 5.41) is 14.1. The van der Waals surface area contributed by atoms with E-state index >= 15 is 0 Å². The molecule has 0 heterocycles. The number of hydrogen-bond donors (Lipinski definition) is 2. The highest BCUT2D eigenvalue weighted by Crippen LogP contribution is 2.24. The van der Waals surface area contributed by atoms with Crippen LogP contribution in [-0.4, -0.2) is 29.8 Å². The second kappa shape index (κ2) is 6.91. The number of benzene rings is 2. The average molecular weight is 352 g/mol. The molecule has 2 aromatic rings. The van der Waals surface area contributed by atoms with Crippen LogP contribution in [0, 0.1) is 0 Å². The third-order valence-corrected chi connectivity index (χ3v) is 3.67. The fourth-order valence-corrected chi connectivity index (χ4v) is 2.43. The first-order chi connectivity index (χ1) is 9.95. The van der Waals surface area contributed by atoms with Crippen LogP contribution in [-0.2, 0) is 4.79 Å². The molecule has 0 aromatic heterocycles. The summed E-state index contributed by atoms with van der Waals surface area (Å²) >= 11 is 3.45. The van der Waals surface area contributed by atoms with Gasteiger partial charge in [-0.1, -0.05) is 28.1 Å². The Labute approximate surface area is 132 Å². The average Bonchev–Trinajstić information content (AvgIpc) is 2.44. The smallest absolute Gasteiger partial charge is 0.320 e. The highest BCUT2D eigenvalue weighted by molar-refractivity contribution is 9.10. The first-order valence-electron chi connectivity index (χ1n) is 6.76. The Kier molecular flexibility index (Phi) is 5.20. The highest BCUT2D eigenvalue weighted by Gasteiger charge is 2.13. The monoisotopic (exact) mass is 351 g/mol. The minimum Gasteiger partial charge on any atom is -0.492 e. The molecule has 0 fully saturated rings. The fraction of sp³-hybridized carbons (Fsp3) is 0.312. The summed E-state index contributed by atoms with van der Waals surface area (Å²) in [5.74, 6) is -0.0837. The van der Waals surface area contributed by atoms with E-state index in [1.165, 1.54) is 0 Å². The van der Waals surface area contributed by atoms with E-state index in [0.29, 0.717) is 6.61 Å².